The standard InChI is InChI=1S/C25H22O/c1-15-9-11-21-20-14-13-18-17-8-6-5-7-16(17)10-12-19(18)23(20)26-24(21)22(15)25(2,3)4/h5-14H,1-4H3. The second-order valence-corrected chi connectivity index (χ2v) is 8.31. The molecular formula is C25H22O. The zero-order valence-corrected chi connectivity index (χ0v) is 15.7. The summed E-state index contributed by atoms with van der Waals surface area (Å²) in [6.07, 6.45) is 0. The predicted molar refractivity (Wildman–Crippen MR) is 112 cm³/mol. The molecule has 0 amide bonds. The van der Waals surface area contributed by atoms with Gasteiger partial charge in [-0.25, -0.2) is 0 Å². The molecular weight excluding hydrogens is 316 g/mol. The van der Waals surface area contributed by atoms with Gasteiger partial charge in [0, 0.05) is 21.7 Å². The number of hydrogen-bond acceptors (Lipinski definition) is 1. The maximum Gasteiger partial charge on any atom is 0.143 e. The van der Waals surface area contributed by atoms with E-state index in [1.54, 1.807) is 0 Å². The van der Waals surface area contributed by atoms with Crippen molar-refractivity contribution in [3.8, 4) is 0 Å². The van der Waals surface area contributed by atoms with Crippen molar-refractivity contribution >= 4 is 43.5 Å². The van der Waals surface area contributed by atoms with Gasteiger partial charge in [0.15, 0.2) is 0 Å². The Morgan fingerprint density at radius 3 is 2.04 bits per heavy atom. The van der Waals surface area contributed by atoms with Crippen molar-refractivity contribution in [1.29, 1.82) is 0 Å². The van der Waals surface area contributed by atoms with E-state index in [0.29, 0.717) is 0 Å². The summed E-state index contributed by atoms with van der Waals surface area (Å²) in [5, 5.41) is 7.40. The molecule has 0 bridgehead atoms. The molecule has 0 unspecified atom stereocenters. The molecule has 0 fully saturated rings. The van der Waals surface area contributed by atoms with Gasteiger partial charge in [0.05, 0.1) is 0 Å². The fourth-order valence-corrected chi connectivity index (χ4v) is 4.42. The molecule has 0 saturated heterocycles. The third-order valence-corrected chi connectivity index (χ3v) is 5.49. The van der Waals surface area contributed by atoms with Crippen LogP contribution < -0.4 is 0 Å². The van der Waals surface area contributed by atoms with Crippen LogP contribution in [0.1, 0.15) is 31.9 Å². The van der Waals surface area contributed by atoms with Gasteiger partial charge >= 0.3 is 0 Å². The molecule has 0 radical (unpaired) electrons. The summed E-state index contributed by atoms with van der Waals surface area (Å²) in [7, 11) is 0. The lowest BCUT2D eigenvalue weighted by atomic mass is 9.83. The van der Waals surface area contributed by atoms with Crippen LogP contribution in [0.15, 0.2) is 65.1 Å². The average Bonchev–Trinajstić information content (AvgIpc) is 2.98. The third kappa shape index (κ3) is 2.03. The van der Waals surface area contributed by atoms with E-state index < -0.39 is 0 Å². The minimum absolute atomic E-state index is 0.0416. The van der Waals surface area contributed by atoms with E-state index in [4.69, 9.17) is 4.42 Å². The van der Waals surface area contributed by atoms with Gasteiger partial charge in [0.25, 0.3) is 0 Å². The van der Waals surface area contributed by atoms with Crippen LogP contribution in [0, 0.1) is 6.92 Å². The Bertz CT molecular complexity index is 1310. The topological polar surface area (TPSA) is 13.1 Å². The lowest BCUT2D eigenvalue weighted by molar-refractivity contribution is 0.570. The maximum absolute atomic E-state index is 6.55. The average molecular weight is 338 g/mol. The Morgan fingerprint density at radius 1 is 0.615 bits per heavy atom. The van der Waals surface area contributed by atoms with Gasteiger partial charge in [0.1, 0.15) is 11.2 Å². The van der Waals surface area contributed by atoms with E-state index in [-0.39, 0.29) is 5.41 Å². The number of fused-ring (bicyclic) bond motifs is 7. The van der Waals surface area contributed by atoms with Crippen LogP contribution in [0.25, 0.3) is 43.5 Å². The van der Waals surface area contributed by atoms with Crippen molar-refractivity contribution < 1.29 is 4.42 Å². The van der Waals surface area contributed by atoms with Gasteiger partial charge < -0.3 is 4.42 Å². The first-order valence-electron chi connectivity index (χ1n) is 9.22. The highest BCUT2D eigenvalue weighted by Gasteiger charge is 2.23. The lowest BCUT2D eigenvalue weighted by Crippen LogP contribution is -2.13. The molecule has 1 aromatic heterocycles. The zero-order chi connectivity index (χ0) is 18.1. The monoisotopic (exact) mass is 338 g/mol. The summed E-state index contributed by atoms with van der Waals surface area (Å²) in [6, 6.07) is 21.8. The largest absolute Gasteiger partial charge is 0.455 e. The molecule has 0 atom stereocenters. The van der Waals surface area contributed by atoms with E-state index in [1.807, 2.05) is 0 Å². The van der Waals surface area contributed by atoms with Crippen LogP contribution in [0.2, 0.25) is 0 Å². The van der Waals surface area contributed by atoms with Crippen LogP contribution >= 0.6 is 0 Å². The number of hydrogen-bond donors (Lipinski definition) is 0. The van der Waals surface area contributed by atoms with E-state index in [9.17, 15) is 0 Å². The summed E-state index contributed by atoms with van der Waals surface area (Å²) in [5.41, 5.74) is 4.67. The van der Waals surface area contributed by atoms with Crippen molar-refractivity contribution in [2.24, 2.45) is 0 Å². The molecule has 4 aromatic carbocycles. The van der Waals surface area contributed by atoms with Crippen molar-refractivity contribution in [3.63, 3.8) is 0 Å². The van der Waals surface area contributed by atoms with Crippen molar-refractivity contribution in [2.45, 2.75) is 33.1 Å². The SMILES string of the molecule is Cc1ccc2c(oc3c2ccc2c4ccccc4ccc23)c1C(C)(C)C. The Hall–Kier alpha value is -2.80. The normalized spacial score (nSPS) is 12.6. The quantitative estimate of drug-likeness (QED) is 0.266. The molecule has 0 aliphatic rings. The lowest BCUT2D eigenvalue weighted by Gasteiger charge is -2.21. The third-order valence-electron chi connectivity index (χ3n) is 5.49. The van der Waals surface area contributed by atoms with Crippen molar-refractivity contribution in [2.75, 3.05) is 0 Å². The molecule has 26 heavy (non-hydrogen) atoms. The first kappa shape index (κ1) is 15.5. The summed E-state index contributed by atoms with van der Waals surface area (Å²) >= 11 is 0. The Labute approximate surface area is 153 Å². The number of aryl methyl sites for hydroxylation is 1. The highest BCUT2D eigenvalue weighted by molar-refractivity contribution is 6.20. The molecule has 0 spiro atoms. The van der Waals surface area contributed by atoms with Gasteiger partial charge in [-0.1, -0.05) is 69.3 Å². The smallest absolute Gasteiger partial charge is 0.143 e. The van der Waals surface area contributed by atoms with E-state index in [1.165, 1.54) is 43.4 Å². The highest BCUT2D eigenvalue weighted by atomic mass is 16.3. The number of furan rings is 1. The predicted octanol–water partition coefficient (Wildman–Crippen LogP) is 7.50. The fourth-order valence-electron chi connectivity index (χ4n) is 4.42. The van der Waals surface area contributed by atoms with E-state index in [2.05, 4.69) is 88.4 Å². The van der Waals surface area contributed by atoms with Gasteiger partial charge in [-0.15, -0.1) is 0 Å². The molecule has 1 heterocycles. The molecule has 0 saturated carbocycles. The molecule has 128 valence electrons. The van der Waals surface area contributed by atoms with Gasteiger partial charge in [0.2, 0.25) is 0 Å². The Kier molecular flexibility index (Phi) is 3.04. The van der Waals surface area contributed by atoms with E-state index >= 15 is 0 Å². The van der Waals surface area contributed by atoms with E-state index in [0.717, 1.165) is 11.2 Å². The summed E-state index contributed by atoms with van der Waals surface area (Å²) in [6.45, 7) is 8.95. The molecule has 1 nitrogen and oxygen atoms in total. The first-order valence-corrected chi connectivity index (χ1v) is 9.22. The Balaban J connectivity index is 1.99. The second-order valence-electron chi connectivity index (χ2n) is 8.31. The maximum atomic E-state index is 6.55. The van der Waals surface area contributed by atoms with Crippen LogP contribution in [0.3, 0.4) is 0 Å². The molecule has 0 N–H and O–H groups in total. The van der Waals surface area contributed by atoms with Crippen LogP contribution in [0.4, 0.5) is 0 Å². The van der Waals surface area contributed by atoms with Gasteiger partial charge in [-0.05, 0) is 46.2 Å². The highest BCUT2D eigenvalue weighted by Crippen LogP contribution is 2.41. The van der Waals surface area contributed by atoms with Gasteiger partial charge in [-0.3, -0.25) is 0 Å². The van der Waals surface area contributed by atoms with Crippen LogP contribution in [0.5, 0.6) is 0 Å². The molecule has 0 aliphatic carbocycles. The first-order chi connectivity index (χ1) is 12.4. The van der Waals surface area contributed by atoms with Crippen LogP contribution in [-0.2, 0) is 5.41 Å². The summed E-state index contributed by atoms with van der Waals surface area (Å²) in [5.74, 6) is 0. The van der Waals surface area contributed by atoms with Crippen molar-refractivity contribution in [1.82, 2.24) is 0 Å². The number of benzene rings is 4. The summed E-state index contributed by atoms with van der Waals surface area (Å²) in [4.78, 5) is 0. The fraction of sp³-hybridized carbons (Fsp3) is 0.200. The molecule has 5 rings (SSSR count). The molecule has 0 aliphatic heterocycles. The minimum atomic E-state index is 0.0416. The zero-order valence-electron chi connectivity index (χ0n) is 15.7. The minimum Gasteiger partial charge on any atom is -0.455 e. The Morgan fingerprint density at radius 2 is 1.23 bits per heavy atom. The second kappa shape index (κ2) is 5.11. The van der Waals surface area contributed by atoms with Gasteiger partial charge in [-0.2, -0.15) is 0 Å². The molecule has 5 aromatic rings. The van der Waals surface area contributed by atoms with Crippen molar-refractivity contribution in [3.05, 3.63) is 71.8 Å². The molecule has 1 heteroatoms. The summed E-state index contributed by atoms with van der Waals surface area (Å²) < 4.78 is 6.55. The van der Waals surface area contributed by atoms with Crippen LogP contribution in [-0.4, -0.2) is 0 Å². The number of rotatable bonds is 0.